The van der Waals surface area contributed by atoms with Gasteiger partial charge in [0.25, 0.3) is 5.92 Å². The lowest BCUT2D eigenvalue weighted by Gasteiger charge is -2.29. The van der Waals surface area contributed by atoms with Crippen LogP contribution in [0.3, 0.4) is 0 Å². The van der Waals surface area contributed by atoms with Crippen molar-refractivity contribution in [1.29, 1.82) is 0 Å². The van der Waals surface area contributed by atoms with Crippen LogP contribution in [0.2, 0.25) is 0 Å². The molecule has 2 atom stereocenters. The first-order chi connectivity index (χ1) is 19.7. The number of halogens is 3. The van der Waals surface area contributed by atoms with Crippen molar-refractivity contribution in [3.63, 3.8) is 0 Å². The van der Waals surface area contributed by atoms with Crippen molar-refractivity contribution in [1.82, 2.24) is 14.8 Å². The van der Waals surface area contributed by atoms with Gasteiger partial charge in [-0.3, -0.25) is 9.69 Å². The van der Waals surface area contributed by atoms with Gasteiger partial charge < -0.3 is 20.1 Å². The van der Waals surface area contributed by atoms with Gasteiger partial charge in [0.2, 0.25) is 0 Å². The zero-order chi connectivity index (χ0) is 29.1. The summed E-state index contributed by atoms with van der Waals surface area (Å²) in [7, 11) is 3.27. The number of nitrogens with one attached hydrogen (secondary N) is 1. The molecule has 1 aliphatic carbocycles. The third-order valence-corrected chi connectivity index (χ3v) is 8.86. The van der Waals surface area contributed by atoms with Gasteiger partial charge in [-0.1, -0.05) is 12.5 Å². The zero-order valence-electron chi connectivity index (χ0n) is 24.0. The highest BCUT2D eigenvalue weighted by atomic mass is 19.3. The number of likely N-dealkylation sites (tertiary alicyclic amines) is 1. The van der Waals surface area contributed by atoms with E-state index in [1.807, 2.05) is 7.05 Å². The highest BCUT2D eigenvalue weighted by molar-refractivity contribution is 5.77. The number of rotatable bonds is 13. The molecule has 1 saturated heterocycles. The fourth-order valence-electron chi connectivity index (χ4n) is 6.29. The van der Waals surface area contributed by atoms with Gasteiger partial charge in [0.1, 0.15) is 11.9 Å². The second kappa shape index (κ2) is 12.6. The van der Waals surface area contributed by atoms with E-state index in [9.17, 15) is 23.1 Å². The van der Waals surface area contributed by atoms with Crippen LogP contribution in [0.15, 0.2) is 24.3 Å². The highest BCUT2D eigenvalue weighted by Crippen LogP contribution is 2.51. The third kappa shape index (κ3) is 6.64. The van der Waals surface area contributed by atoms with Gasteiger partial charge in [-0.15, -0.1) is 0 Å². The zero-order valence-corrected chi connectivity index (χ0v) is 24.0. The maximum atomic E-state index is 14.9. The number of aliphatic carboxylic acids is 1. The Morgan fingerprint density at radius 1 is 1.24 bits per heavy atom. The smallest absolute Gasteiger partial charge is 0.325 e. The summed E-state index contributed by atoms with van der Waals surface area (Å²) < 4.78 is 49.9. The maximum absolute atomic E-state index is 14.9. The summed E-state index contributed by atoms with van der Waals surface area (Å²) in [4.78, 5) is 21.2. The molecule has 3 heterocycles. The number of methoxy groups -OCH3 is 1. The van der Waals surface area contributed by atoms with Crippen molar-refractivity contribution in [2.24, 2.45) is 5.92 Å². The number of aromatic nitrogens is 1. The van der Waals surface area contributed by atoms with E-state index in [4.69, 9.17) is 9.72 Å². The van der Waals surface area contributed by atoms with Crippen molar-refractivity contribution in [3.05, 3.63) is 52.5 Å². The molecule has 2 fully saturated rings. The quantitative estimate of drug-likeness (QED) is 0.300. The molecular weight excluding hydrogens is 533 g/mol. The summed E-state index contributed by atoms with van der Waals surface area (Å²) >= 11 is 0. The van der Waals surface area contributed by atoms with Gasteiger partial charge in [-0.05, 0) is 88.7 Å². The number of fused-ring (bicyclic) bond motifs is 1. The second-order valence-electron chi connectivity index (χ2n) is 11.8. The minimum Gasteiger partial charge on any atom is -0.493 e. The van der Waals surface area contributed by atoms with Gasteiger partial charge in [-0.2, -0.15) is 0 Å². The van der Waals surface area contributed by atoms with Crippen molar-refractivity contribution in [2.75, 3.05) is 45.7 Å². The van der Waals surface area contributed by atoms with Crippen molar-refractivity contribution in [2.45, 2.75) is 75.8 Å². The van der Waals surface area contributed by atoms with E-state index in [0.29, 0.717) is 25.9 Å². The van der Waals surface area contributed by atoms with E-state index in [2.05, 4.69) is 22.3 Å². The predicted molar refractivity (Wildman–Crippen MR) is 151 cm³/mol. The van der Waals surface area contributed by atoms with Crippen LogP contribution in [0.5, 0.6) is 5.75 Å². The van der Waals surface area contributed by atoms with Crippen molar-refractivity contribution in [3.8, 4) is 5.75 Å². The third-order valence-electron chi connectivity index (χ3n) is 8.86. The molecule has 2 aliphatic heterocycles. The number of carboxylic acid groups (broad SMARTS) is 1. The summed E-state index contributed by atoms with van der Waals surface area (Å²) in [5, 5.41) is 13.6. The largest absolute Gasteiger partial charge is 0.493 e. The monoisotopic (exact) mass is 574 g/mol. The first-order valence-corrected chi connectivity index (χ1v) is 14.8. The van der Waals surface area contributed by atoms with Crippen molar-refractivity contribution >= 4 is 11.8 Å². The van der Waals surface area contributed by atoms with Gasteiger partial charge in [0, 0.05) is 48.4 Å². The number of likely N-dealkylation sites (N-methyl/N-ethyl adjacent to an activating group) is 1. The molecule has 10 heteroatoms. The molecular formula is C31H41F3N4O3. The van der Waals surface area contributed by atoms with Crippen LogP contribution in [-0.2, 0) is 23.6 Å². The first-order valence-electron chi connectivity index (χ1n) is 14.8. The number of carboxylic acids is 1. The molecule has 0 spiro atoms. The van der Waals surface area contributed by atoms with Crippen LogP contribution in [0.1, 0.15) is 73.4 Å². The first kappa shape index (κ1) is 29.6. The van der Waals surface area contributed by atoms with Gasteiger partial charge >= 0.3 is 5.97 Å². The Hall–Kier alpha value is -2.85. The fourth-order valence-corrected chi connectivity index (χ4v) is 6.29. The number of unbranched alkanes of at least 4 members (excludes halogenated alkanes) is 2. The average Bonchev–Trinajstić information content (AvgIpc) is 3.71. The van der Waals surface area contributed by atoms with Crippen LogP contribution in [0.25, 0.3) is 0 Å². The molecule has 0 bridgehead atoms. The lowest BCUT2D eigenvalue weighted by molar-refractivity contribution is -0.143. The molecule has 2 N–H and O–H groups in total. The molecule has 41 heavy (non-hydrogen) atoms. The minimum absolute atomic E-state index is 0.0513. The fraction of sp³-hybridized carbons (Fsp3) is 0.613. The van der Waals surface area contributed by atoms with Crippen LogP contribution < -0.4 is 10.1 Å². The van der Waals surface area contributed by atoms with E-state index < -0.39 is 35.2 Å². The molecule has 224 valence electrons. The topological polar surface area (TPSA) is 77.9 Å². The van der Waals surface area contributed by atoms with Crippen LogP contribution in [0.4, 0.5) is 19.0 Å². The highest BCUT2D eigenvalue weighted by Gasteiger charge is 2.49. The second-order valence-corrected chi connectivity index (χ2v) is 11.8. The Morgan fingerprint density at radius 3 is 2.78 bits per heavy atom. The molecule has 1 aromatic heterocycles. The number of carbonyl (C=O) groups is 1. The Bertz CT molecular complexity index is 1240. The molecule has 0 radical (unpaired) electrons. The van der Waals surface area contributed by atoms with Gasteiger partial charge in [-0.25, -0.2) is 18.2 Å². The molecule has 0 unspecified atom stereocenters. The Balaban J connectivity index is 1.16. The van der Waals surface area contributed by atoms with E-state index in [1.165, 1.54) is 12.7 Å². The Morgan fingerprint density at radius 2 is 2.05 bits per heavy atom. The maximum Gasteiger partial charge on any atom is 0.325 e. The number of anilines is 1. The predicted octanol–water partition coefficient (Wildman–Crippen LogP) is 5.63. The number of pyridine rings is 1. The molecule has 7 nitrogen and oxygen atoms in total. The standard InChI is InChI=1S/C31H41F3N4O3/c1-37(15-5-3-4-8-23-12-9-20-7-6-14-35-29(20)36-23)24-13-16-38(19-24)27(30(39)40)25-17-22(18-26(32)28(25)41-2)31(33,34)21-10-11-21/h9,12,17-18,21,24,27H,3-8,10-11,13-16,19H2,1-2H3,(H,35,36)(H,39,40)/t24-,27-/m1/s1. The van der Waals surface area contributed by atoms with Crippen LogP contribution >= 0.6 is 0 Å². The Kier molecular flexibility index (Phi) is 9.09. The summed E-state index contributed by atoms with van der Waals surface area (Å²) in [6.07, 6.45) is 7.78. The van der Waals surface area contributed by atoms with Gasteiger partial charge in [0.15, 0.2) is 11.6 Å². The number of hydrogen-bond acceptors (Lipinski definition) is 6. The Labute approximate surface area is 240 Å². The summed E-state index contributed by atoms with van der Waals surface area (Å²) in [5.41, 5.74) is 1.88. The number of benzene rings is 1. The summed E-state index contributed by atoms with van der Waals surface area (Å²) in [6.45, 7) is 2.77. The number of aryl methyl sites for hydroxylation is 2. The average molecular weight is 575 g/mol. The van der Waals surface area contributed by atoms with E-state index >= 15 is 0 Å². The molecule has 3 aliphatic rings. The normalized spacial score (nSPS) is 20.1. The van der Waals surface area contributed by atoms with Crippen LogP contribution in [0, 0.1) is 11.7 Å². The molecule has 1 aromatic carbocycles. The number of nitrogens with zero attached hydrogens (tertiary/aromatic N) is 3. The van der Waals surface area contributed by atoms with Crippen LogP contribution in [-0.4, -0.2) is 72.2 Å². The lowest BCUT2D eigenvalue weighted by atomic mass is 9.96. The molecule has 2 aromatic rings. The summed E-state index contributed by atoms with van der Waals surface area (Å²) in [6, 6.07) is 5.10. The molecule has 5 rings (SSSR count). The van der Waals surface area contributed by atoms with E-state index in [1.54, 1.807) is 4.90 Å². The molecule has 0 amide bonds. The SMILES string of the molecule is COc1c(F)cc(C(F)(F)C2CC2)cc1[C@H](C(=O)O)N1CC[C@@H](N(C)CCCCCc2ccc3c(n2)NCCC3)C1. The molecule has 1 saturated carbocycles. The summed E-state index contributed by atoms with van der Waals surface area (Å²) in [5.74, 6) is -5.45. The van der Waals surface area contributed by atoms with E-state index in [0.717, 1.165) is 81.7 Å². The number of alkyl halides is 2. The van der Waals surface area contributed by atoms with E-state index in [-0.39, 0.29) is 17.4 Å². The number of hydrogen-bond donors (Lipinski definition) is 2. The lowest BCUT2D eigenvalue weighted by Crippen LogP contribution is -2.38. The van der Waals surface area contributed by atoms with Gasteiger partial charge in [0.05, 0.1) is 7.11 Å². The van der Waals surface area contributed by atoms with Crippen molar-refractivity contribution < 1.29 is 27.8 Å². The minimum atomic E-state index is -3.20. The number of ether oxygens (including phenoxy) is 1.